The molecule has 0 spiro atoms. The third-order valence-corrected chi connectivity index (χ3v) is 3.62. The van der Waals surface area contributed by atoms with Crippen molar-refractivity contribution in [3.63, 3.8) is 0 Å². The van der Waals surface area contributed by atoms with E-state index in [0.717, 1.165) is 11.3 Å². The number of carbonyl (C=O) groups excluding carboxylic acids is 1. The summed E-state index contributed by atoms with van der Waals surface area (Å²) in [6.07, 6.45) is -0.879. The maximum absolute atomic E-state index is 12.8. The van der Waals surface area contributed by atoms with E-state index < -0.39 is 6.10 Å². The maximum Gasteiger partial charge on any atom is 0.315 e. The quantitative estimate of drug-likeness (QED) is 0.762. The van der Waals surface area contributed by atoms with Gasteiger partial charge in [-0.05, 0) is 35.4 Å². The zero-order chi connectivity index (χ0) is 17.5. The fourth-order valence-electron chi connectivity index (χ4n) is 2.15. The van der Waals surface area contributed by atoms with Gasteiger partial charge in [0.2, 0.25) is 0 Å². The van der Waals surface area contributed by atoms with Crippen molar-refractivity contribution < 1.29 is 14.3 Å². The zero-order valence-electron chi connectivity index (χ0n) is 13.8. The van der Waals surface area contributed by atoms with Gasteiger partial charge in [-0.15, -0.1) is 0 Å². The number of nitrogens with zero attached hydrogens (tertiary/aromatic N) is 1. The van der Waals surface area contributed by atoms with Crippen molar-refractivity contribution in [2.45, 2.75) is 12.6 Å². The lowest BCUT2D eigenvalue weighted by Gasteiger charge is -2.14. The number of hydrogen-bond acceptors (Lipinski definition) is 3. The van der Waals surface area contributed by atoms with Crippen molar-refractivity contribution in [2.24, 2.45) is 0 Å². The lowest BCUT2D eigenvalue weighted by Crippen LogP contribution is -2.37. The van der Waals surface area contributed by atoms with E-state index in [0.29, 0.717) is 12.1 Å². The molecule has 2 rings (SSSR count). The first-order chi connectivity index (χ1) is 11.5. The minimum absolute atomic E-state index is 0.0526. The standard InChI is InChI=1S/C18H22FN3O2/c1-22(2)16-9-3-13(4-10-16)11-20-18(24)21-12-17(23)14-5-7-15(19)8-6-14/h3-10,17,23H,11-12H2,1-2H3,(H2,20,21,24). The lowest BCUT2D eigenvalue weighted by molar-refractivity contribution is 0.173. The number of aliphatic hydroxyl groups excluding tert-OH is 1. The third-order valence-electron chi connectivity index (χ3n) is 3.62. The van der Waals surface area contributed by atoms with Gasteiger partial charge in [-0.25, -0.2) is 9.18 Å². The molecule has 2 aromatic rings. The molecule has 0 radical (unpaired) electrons. The van der Waals surface area contributed by atoms with E-state index in [4.69, 9.17) is 0 Å². The number of urea groups is 1. The van der Waals surface area contributed by atoms with Gasteiger partial charge in [-0.2, -0.15) is 0 Å². The Hall–Kier alpha value is -2.60. The Morgan fingerprint density at radius 2 is 1.71 bits per heavy atom. The minimum atomic E-state index is -0.879. The number of hydrogen-bond donors (Lipinski definition) is 3. The predicted octanol–water partition coefficient (Wildman–Crippen LogP) is 2.42. The molecule has 5 nitrogen and oxygen atoms in total. The Bertz CT molecular complexity index is 657. The van der Waals surface area contributed by atoms with Crippen molar-refractivity contribution in [3.05, 3.63) is 65.5 Å². The first-order valence-corrected chi connectivity index (χ1v) is 7.67. The van der Waals surface area contributed by atoms with Gasteiger partial charge in [-0.1, -0.05) is 24.3 Å². The van der Waals surface area contributed by atoms with Gasteiger partial charge in [0.05, 0.1) is 6.10 Å². The summed E-state index contributed by atoms with van der Waals surface area (Å²) in [4.78, 5) is 13.8. The Labute approximate surface area is 141 Å². The molecule has 0 heterocycles. The van der Waals surface area contributed by atoms with E-state index in [-0.39, 0.29) is 18.4 Å². The van der Waals surface area contributed by atoms with Crippen LogP contribution in [0.5, 0.6) is 0 Å². The molecule has 6 heteroatoms. The highest BCUT2D eigenvalue weighted by molar-refractivity contribution is 5.73. The first-order valence-electron chi connectivity index (χ1n) is 7.67. The smallest absolute Gasteiger partial charge is 0.315 e. The molecule has 2 amide bonds. The number of amides is 2. The average Bonchev–Trinajstić information content (AvgIpc) is 2.58. The van der Waals surface area contributed by atoms with Crippen LogP contribution in [-0.2, 0) is 6.54 Å². The highest BCUT2D eigenvalue weighted by atomic mass is 19.1. The molecule has 24 heavy (non-hydrogen) atoms. The first kappa shape index (κ1) is 17.7. The van der Waals surface area contributed by atoms with Crippen molar-refractivity contribution in [2.75, 3.05) is 25.5 Å². The van der Waals surface area contributed by atoms with Crippen LogP contribution < -0.4 is 15.5 Å². The largest absolute Gasteiger partial charge is 0.387 e. The van der Waals surface area contributed by atoms with E-state index in [1.807, 2.05) is 43.3 Å². The van der Waals surface area contributed by atoms with E-state index in [1.165, 1.54) is 24.3 Å². The molecule has 1 unspecified atom stereocenters. The van der Waals surface area contributed by atoms with Gasteiger partial charge < -0.3 is 20.6 Å². The van der Waals surface area contributed by atoms with Crippen molar-refractivity contribution in [1.29, 1.82) is 0 Å². The van der Waals surface area contributed by atoms with Crippen LogP contribution in [0.4, 0.5) is 14.9 Å². The van der Waals surface area contributed by atoms with Crippen LogP contribution in [0.25, 0.3) is 0 Å². The molecule has 0 aliphatic carbocycles. The molecule has 2 aromatic carbocycles. The Balaban J connectivity index is 1.75. The molecule has 1 atom stereocenters. The second-order valence-corrected chi connectivity index (χ2v) is 5.69. The van der Waals surface area contributed by atoms with Gasteiger partial charge in [0.15, 0.2) is 0 Å². The lowest BCUT2D eigenvalue weighted by atomic mass is 10.1. The van der Waals surface area contributed by atoms with E-state index in [1.54, 1.807) is 0 Å². The van der Waals surface area contributed by atoms with E-state index >= 15 is 0 Å². The molecule has 3 N–H and O–H groups in total. The summed E-state index contributed by atoms with van der Waals surface area (Å²) in [7, 11) is 3.93. The molecular formula is C18H22FN3O2. The molecule has 0 aliphatic heterocycles. The minimum Gasteiger partial charge on any atom is -0.387 e. The number of halogens is 1. The Morgan fingerprint density at radius 3 is 2.29 bits per heavy atom. The maximum atomic E-state index is 12.8. The molecule has 0 bridgehead atoms. The summed E-state index contributed by atoms with van der Waals surface area (Å²) >= 11 is 0. The number of aliphatic hydroxyl groups is 1. The van der Waals surface area contributed by atoms with Crippen LogP contribution in [0.15, 0.2) is 48.5 Å². The van der Waals surface area contributed by atoms with Gasteiger partial charge in [0.25, 0.3) is 0 Å². The number of benzene rings is 2. The SMILES string of the molecule is CN(C)c1ccc(CNC(=O)NCC(O)c2ccc(F)cc2)cc1. The molecule has 0 aromatic heterocycles. The fourth-order valence-corrected chi connectivity index (χ4v) is 2.15. The molecular weight excluding hydrogens is 309 g/mol. The highest BCUT2D eigenvalue weighted by Crippen LogP contribution is 2.13. The molecule has 0 fully saturated rings. The number of rotatable bonds is 6. The van der Waals surface area contributed by atoms with Crippen LogP contribution >= 0.6 is 0 Å². The van der Waals surface area contributed by atoms with Gasteiger partial charge >= 0.3 is 6.03 Å². The Kier molecular flexibility index (Phi) is 6.14. The monoisotopic (exact) mass is 331 g/mol. The van der Waals surface area contributed by atoms with Crippen molar-refractivity contribution in [3.8, 4) is 0 Å². The number of nitrogens with one attached hydrogen (secondary N) is 2. The fraction of sp³-hybridized carbons (Fsp3) is 0.278. The van der Waals surface area contributed by atoms with E-state index in [2.05, 4.69) is 10.6 Å². The average molecular weight is 331 g/mol. The second-order valence-electron chi connectivity index (χ2n) is 5.69. The molecule has 0 saturated carbocycles. The summed E-state index contributed by atoms with van der Waals surface area (Å²) in [5.74, 6) is -0.364. The van der Waals surface area contributed by atoms with E-state index in [9.17, 15) is 14.3 Å². The van der Waals surface area contributed by atoms with Crippen LogP contribution in [0.3, 0.4) is 0 Å². The van der Waals surface area contributed by atoms with Gasteiger partial charge in [0, 0.05) is 32.9 Å². The summed E-state index contributed by atoms with van der Waals surface area (Å²) in [5.41, 5.74) is 2.62. The van der Waals surface area contributed by atoms with Gasteiger partial charge in [-0.3, -0.25) is 0 Å². The number of carbonyl (C=O) groups is 1. The summed E-state index contributed by atoms with van der Waals surface area (Å²) in [5, 5.41) is 15.3. The molecule has 0 saturated heterocycles. The molecule has 128 valence electrons. The zero-order valence-corrected chi connectivity index (χ0v) is 13.8. The summed E-state index contributed by atoms with van der Waals surface area (Å²) < 4.78 is 12.8. The normalized spacial score (nSPS) is 11.7. The third kappa shape index (κ3) is 5.24. The highest BCUT2D eigenvalue weighted by Gasteiger charge is 2.09. The van der Waals surface area contributed by atoms with Crippen LogP contribution in [0.2, 0.25) is 0 Å². The van der Waals surface area contributed by atoms with Crippen LogP contribution in [-0.4, -0.2) is 31.8 Å². The predicted molar refractivity (Wildman–Crippen MR) is 92.4 cm³/mol. The van der Waals surface area contributed by atoms with Crippen LogP contribution in [0.1, 0.15) is 17.2 Å². The summed E-state index contributed by atoms with van der Waals surface area (Å²) in [6.45, 7) is 0.448. The number of anilines is 1. The van der Waals surface area contributed by atoms with Crippen molar-refractivity contribution >= 4 is 11.7 Å². The van der Waals surface area contributed by atoms with Crippen LogP contribution in [0, 0.1) is 5.82 Å². The van der Waals surface area contributed by atoms with Gasteiger partial charge in [0.1, 0.15) is 5.82 Å². The van der Waals surface area contributed by atoms with Crippen molar-refractivity contribution in [1.82, 2.24) is 10.6 Å². The Morgan fingerprint density at radius 1 is 1.08 bits per heavy atom. The molecule has 0 aliphatic rings. The summed E-state index contributed by atoms with van der Waals surface area (Å²) in [6, 6.07) is 13.0. The topological polar surface area (TPSA) is 64.6 Å². The second kappa shape index (κ2) is 8.31.